The van der Waals surface area contributed by atoms with Crippen LogP contribution in [0.4, 0.5) is 0 Å². The van der Waals surface area contributed by atoms with Gasteiger partial charge in [-0.05, 0) is 65.1 Å². The Kier molecular flexibility index (Phi) is 6.93. The number of nitrogens with zero attached hydrogens (tertiary/aromatic N) is 3. The molecule has 4 aromatic carbocycles. The molecule has 0 amide bonds. The predicted molar refractivity (Wildman–Crippen MR) is 155 cm³/mol. The summed E-state index contributed by atoms with van der Waals surface area (Å²) < 4.78 is 7.56. The lowest BCUT2D eigenvalue weighted by molar-refractivity contribution is 0.308. The van der Waals surface area contributed by atoms with Crippen molar-refractivity contribution in [2.45, 2.75) is 44.6 Å². The first-order valence-electron chi connectivity index (χ1n) is 13.1. The first kappa shape index (κ1) is 24.4. The molecular formula is C32H28ClN3O2. The zero-order chi connectivity index (χ0) is 25.9. The van der Waals surface area contributed by atoms with Crippen molar-refractivity contribution in [1.82, 2.24) is 9.66 Å². The highest BCUT2D eigenvalue weighted by atomic mass is 35.5. The van der Waals surface area contributed by atoms with Gasteiger partial charge in [0.1, 0.15) is 18.2 Å². The lowest BCUT2D eigenvalue weighted by atomic mass is 9.88. The van der Waals surface area contributed by atoms with E-state index in [1.54, 1.807) is 12.3 Å². The van der Waals surface area contributed by atoms with Crippen molar-refractivity contribution >= 4 is 39.5 Å². The summed E-state index contributed by atoms with van der Waals surface area (Å²) in [5, 5.41) is 8.02. The fraction of sp³-hybridized carbons (Fsp3) is 0.219. The minimum absolute atomic E-state index is 0.145. The molecule has 38 heavy (non-hydrogen) atoms. The van der Waals surface area contributed by atoms with Crippen LogP contribution in [-0.4, -0.2) is 15.9 Å². The van der Waals surface area contributed by atoms with Gasteiger partial charge in [0.05, 0.1) is 22.1 Å². The molecule has 1 fully saturated rings. The maximum Gasteiger partial charge on any atom is 0.282 e. The number of aromatic nitrogens is 2. The highest BCUT2D eigenvalue weighted by Gasteiger charge is 2.22. The quantitative estimate of drug-likeness (QED) is 0.215. The molecule has 0 atom stereocenters. The summed E-state index contributed by atoms with van der Waals surface area (Å²) in [6.07, 6.45) is 7.24. The molecule has 0 aliphatic heterocycles. The molecule has 0 N–H and O–H groups in total. The van der Waals surface area contributed by atoms with Gasteiger partial charge in [0, 0.05) is 5.92 Å². The Labute approximate surface area is 226 Å². The molecule has 0 bridgehead atoms. The Hall–Kier alpha value is -3.96. The summed E-state index contributed by atoms with van der Waals surface area (Å²) in [7, 11) is 0. The molecule has 1 heterocycles. The van der Waals surface area contributed by atoms with Crippen LogP contribution in [0.2, 0.25) is 5.02 Å². The zero-order valence-electron chi connectivity index (χ0n) is 21.0. The average molecular weight is 522 g/mol. The van der Waals surface area contributed by atoms with Crippen molar-refractivity contribution in [1.29, 1.82) is 0 Å². The smallest absolute Gasteiger partial charge is 0.282 e. The van der Waals surface area contributed by atoms with Crippen LogP contribution >= 0.6 is 11.6 Å². The fourth-order valence-electron chi connectivity index (χ4n) is 5.29. The Morgan fingerprint density at radius 1 is 0.921 bits per heavy atom. The van der Waals surface area contributed by atoms with Crippen molar-refractivity contribution in [2.24, 2.45) is 5.10 Å². The van der Waals surface area contributed by atoms with Crippen LogP contribution in [0, 0.1) is 0 Å². The van der Waals surface area contributed by atoms with Crippen molar-refractivity contribution in [2.75, 3.05) is 0 Å². The standard InChI is InChI=1S/C32H28ClN3O2/c33-28-19-22(17-18-30(28)38-21-25-13-8-12-23-9-4-5-14-26(23)25)20-34-36-31(24-10-2-1-3-11-24)35-29-16-7-6-15-27(29)32(36)37/h4-9,12-20,24H,1-3,10-11,21H2. The van der Waals surface area contributed by atoms with Gasteiger partial charge in [-0.3, -0.25) is 4.79 Å². The summed E-state index contributed by atoms with van der Waals surface area (Å²) in [5.74, 6) is 1.57. The molecule has 5 aromatic rings. The molecule has 190 valence electrons. The molecule has 1 aromatic heterocycles. The Balaban J connectivity index is 1.27. The van der Waals surface area contributed by atoms with E-state index in [1.165, 1.54) is 16.5 Å². The molecule has 0 spiro atoms. The van der Waals surface area contributed by atoms with Gasteiger partial charge in [-0.25, -0.2) is 4.98 Å². The Morgan fingerprint density at radius 3 is 2.53 bits per heavy atom. The van der Waals surface area contributed by atoms with Crippen LogP contribution in [-0.2, 0) is 6.61 Å². The summed E-state index contributed by atoms with van der Waals surface area (Å²) in [6.45, 7) is 0.414. The van der Waals surface area contributed by atoms with E-state index in [0.29, 0.717) is 22.8 Å². The van der Waals surface area contributed by atoms with E-state index in [4.69, 9.17) is 21.3 Å². The summed E-state index contributed by atoms with van der Waals surface area (Å²) in [5.41, 5.74) is 2.46. The van der Waals surface area contributed by atoms with Gasteiger partial charge in [0.25, 0.3) is 5.56 Å². The van der Waals surface area contributed by atoms with E-state index in [-0.39, 0.29) is 11.5 Å². The second kappa shape index (κ2) is 10.8. The number of benzene rings is 4. The Morgan fingerprint density at radius 2 is 1.68 bits per heavy atom. The summed E-state index contributed by atoms with van der Waals surface area (Å²) in [6, 6.07) is 27.5. The molecular weight excluding hydrogens is 494 g/mol. The van der Waals surface area contributed by atoms with Crippen molar-refractivity contribution in [3.8, 4) is 5.75 Å². The van der Waals surface area contributed by atoms with E-state index in [1.807, 2.05) is 54.6 Å². The van der Waals surface area contributed by atoms with Crippen molar-refractivity contribution in [3.05, 3.63) is 117 Å². The van der Waals surface area contributed by atoms with E-state index >= 15 is 0 Å². The van der Waals surface area contributed by atoms with Gasteiger partial charge in [0.15, 0.2) is 0 Å². The largest absolute Gasteiger partial charge is 0.487 e. The lowest BCUT2D eigenvalue weighted by Crippen LogP contribution is -2.25. The van der Waals surface area contributed by atoms with Crippen LogP contribution in [0.15, 0.2) is 94.8 Å². The minimum Gasteiger partial charge on any atom is -0.487 e. The third kappa shape index (κ3) is 4.94. The first-order valence-corrected chi connectivity index (χ1v) is 13.5. The molecule has 1 aliphatic carbocycles. The molecule has 6 heteroatoms. The topological polar surface area (TPSA) is 56.5 Å². The fourth-order valence-corrected chi connectivity index (χ4v) is 5.53. The SMILES string of the molecule is O=c1c2ccccc2nc(C2CCCCC2)n1N=Cc1ccc(OCc2cccc3ccccc23)c(Cl)c1. The molecule has 0 saturated heterocycles. The van der Waals surface area contributed by atoms with Gasteiger partial charge in [-0.1, -0.05) is 85.5 Å². The Bertz CT molecular complexity index is 1700. The normalized spacial score (nSPS) is 14.4. The van der Waals surface area contributed by atoms with E-state index in [0.717, 1.165) is 53.5 Å². The van der Waals surface area contributed by atoms with Crippen molar-refractivity contribution < 1.29 is 4.74 Å². The monoisotopic (exact) mass is 521 g/mol. The van der Waals surface area contributed by atoms with E-state index in [9.17, 15) is 4.79 Å². The van der Waals surface area contributed by atoms with Crippen LogP contribution in [0.3, 0.4) is 0 Å². The highest BCUT2D eigenvalue weighted by Crippen LogP contribution is 2.32. The number of hydrogen-bond acceptors (Lipinski definition) is 4. The number of halogens is 1. The zero-order valence-corrected chi connectivity index (χ0v) is 21.8. The summed E-state index contributed by atoms with van der Waals surface area (Å²) >= 11 is 6.59. The second-order valence-electron chi connectivity index (χ2n) is 9.80. The predicted octanol–water partition coefficient (Wildman–Crippen LogP) is 7.71. The molecule has 0 radical (unpaired) electrons. The average Bonchev–Trinajstić information content (AvgIpc) is 2.96. The van der Waals surface area contributed by atoms with Crippen LogP contribution in [0.1, 0.15) is 55.0 Å². The van der Waals surface area contributed by atoms with Gasteiger partial charge < -0.3 is 4.74 Å². The van der Waals surface area contributed by atoms with Gasteiger partial charge >= 0.3 is 0 Å². The van der Waals surface area contributed by atoms with Gasteiger partial charge in [0.2, 0.25) is 0 Å². The first-order chi connectivity index (χ1) is 18.7. The number of para-hydroxylation sites is 1. The molecule has 6 rings (SSSR count). The van der Waals surface area contributed by atoms with E-state index in [2.05, 4.69) is 29.4 Å². The van der Waals surface area contributed by atoms with Gasteiger partial charge in [-0.2, -0.15) is 9.78 Å². The number of rotatable bonds is 6. The van der Waals surface area contributed by atoms with Crippen molar-refractivity contribution in [3.63, 3.8) is 0 Å². The molecule has 1 saturated carbocycles. The number of fused-ring (bicyclic) bond motifs is 2. The number of hydrogen-bond donors (Lipinski definition) is 0. The maximum atomic E-state index is 13.4. The van der Waals surface area contributed by atoms with E-state index < -0.39 is 0 Å². The maximum absolute atomic E-state index is 13.4. The molecule has 1 aliphatic rings. The molecule has 0 unspecified atom stereocenters. The van der Waals surface area contributed by atoms with Gasteiger partial charge in [-0.15, -0.1) is 0 Å². The third-order valence-corrected chi connectivity index (χ3v) is 7.59. The van der Waals surface area contributed by atoms with Crippen LogP contribution in [0.25, 0.3) is 21.7 Å². The third-order valence-electron chi connectivity index (χ3n) is 7.29. The van der Waals surface area contributed by atoms with Crippen LogP contribution in [0.5, 0.6) is 5.75 Å². The minimum atomic E-state index is -0.145. The second-order valence-corrected chi connectivity index (χ2v) is 10.2. The highest BCUT2D eigenvalue weighted by molar-refractivity contribution is 6.32. The number of ether oxygens (including phenoxy) is 1. The van der Waals surface area contributed by atoms with Crippen LogP contribution < -0.4 is 10.3 Å². The molecule has 5 nitrogen and oxygen atoms in total. The summed E-state index contributed by atoms with van der Waals surface area (Å²) in [4.78, 5) is 18.3. The lowest BCUT2D eigenvalue weighted by Gasteiger charge is -2.22.